The van der Waals surface area contributed by atoms with Crippen LogP contribution in [-0.2, 0) is 4.74 Å². The summed E-state index contributed by atoms with van der Waals surface area (Å²) in [6.07, 6.45) is 1.84. The van der Waals surface area contributed by atoms with Crippen LogP contribution in [0, 0.1) is 0 Å². The number of morpholine rings is 1. The molecule has 2 aliphatic rings. The van der Waals surface area contributed by atoms with Gasteiger partial charge >= 0.3 is 0 Å². The third-order valence-corrected chi connectivity index (χ3v) is 3.82. The summed E-state index contributed by atoms with van der Waals surface area (Å²) < 4.78 is 11.3. The Morgan fingerprint density at radius 3 is 3.11 bits per heavy atom. The predicted octanol–water partition coefficient (Wildman–Crippen LogP) is 0.394. The molecule has 0 spiro atoms. The van der Waals surface area contributed by atoms with Crippen LogP contribution in [0.1, 0.15) is 6.92 Å². The normalized spacial score (nSPS) is 27.4. The number of anilines is 1. The lowest BCUT2D eigenvalue weighted by atomic mass is 10.1. The Hall–Kier alpha value is -1.40. The molecule has 0 amide bonds. The van der Waals surface area contributed by atoms with E-state index in [-0.39, 0.29) is 6.10 Å². The minimum atomic E-state index is 0.282. The fourth-order valence-electron chi connectivity index (χ4n) is 2.77. The van der Waals surface area contributed by atoms with Crippen LogP contribution in [-0.4, -0.2) is 66.9 Å². The Bertz CT molecular complexity index is 442. The summed E-state index contributed by atoms with van der Waals surface area (Å²) in [5.41, 5.74) is 0. The summed E-state index contributed by atoms with van der Waals surface area (Å²) >= 11 is 0. The first-order valence-electron chi connectivity index (χ1n) is 6.79. The van der Waals surface area contributed by atoms with Crippen molar-refractivity contribution in [3.8, 4) is 5.88 Å². The lowest BCUT2D eigenvalue weighted by Gasteiger charge is -2.33. The molecule has 0 bridgehead atoms. The maximum Gasteiger partial charge on any atom is 0.218 e. The molecule has 3 heterocycles. The summed E-state index contributed by atoms with van der Waals surface area (Å²) in [4.78, 5) is 13.1. The Labute approximate surface area is 113 Å². The van der Waals surface area contributed by atoms with Crippen molar-refractivity contribution in [2.45, 2.75) is 19.1 Å². The number of hydrogen-bond donors (Lipinski definition) is 0. The van der Waals surface area contributed by atoms with Gasteiger partial charge in [0.25, 0.3) is 0 Å². The standard InChI is InChI=1S/C13H20N4O2/c1-3-18-13-6-12(14-9-15-13)17-7-10-11(8-17)19-5-4-16(10)2/h6,9-11H,3-5,7-8H2,1-2H3/t10-,11-/m1/s1. The van der Waals surface area contributed by atoms with E-state index < -0.39 is 0 Å². The van der Waals surface area contributed by atoms with Crippen LogP contribution in [0.15, 0.2) is 12.4 Å². The van der Waals surface area contributed by atoms with Crippen molar-refractivity contribution >= 4 is 5.82 Å². The number of rotatable bonds is 3. The molecule has 2 saturated heterocycles. The molecule has 6 nitrogen and oxygen atoms in total. The van der Waals surface area contributed by atoms with Gasteiger partial charge in [-0.2, -0.15) is 0 Å². The second kappa shape index (κ2) is 5.30. The van der Waals surface area contributed by atoms with E-state index in [0.29, 0.717) is 18.5 Å². The summed E-state index contributed by atoms with van der Waals surface area (Å²) in [7, 11) is 2.16. The predicted molar refractivity (Wildman–Crippen MR) is 71.6 cm³/mol. The average molecular weight is 264 g/mol. The Kier molecular flexibility index (Phi) is 3.52. The molecule has 0 aromatic carbocycles. The highest BCUT2D eigenvalue weighted by atomic mass is 16.5. The molecule has 0 unspecified atom stereocenters. The van der Waals surface area contributed by atoms with E-state index in [1.807, 2.05) is 13.0 Å². The van der Waals surface area contributed by atoms with Gasteiger partial charge in [-0.1, -0.05) is 0 Å². The third-order valence-electron chi connectivity index (χ3n) is 3.82. The van der Waals surface area contributed by atoms with Crippen LogP contribution in [0.5, 0.6) is 5.88 Å². The van der Waals surface area contributed by atoms with Crippen LogP contribution in [0.2, 0.25) is 0 Å². The number of aromatic nitrogens is 2. The monoisotopic (exact) mass is 264 g/mol. The van der Waals surface area contributed by atoms with Crippen molar-refractivity contribution in [1.82, 2.24) is 14.9 Å². The summed E-state index contributed by atoms with van der Waals surface area (Å²) in [5, 5.41) is 0. The van der Waals surface area contributed by atoms with E-state index in [4.69, 9.17) is 9.47 Å². The molecule has 1 aromatic rings. The van der Waals surface area contributed by atoms with Gasteiger partial charge in [0.15, 0.2) is 0 Å². The van der Waals surface area contributed by atoms with Gasteiger partial charge in [0.05, 0.1) is 25.4 Å². The molecule has 6 heteroatoms. The zero-order valence-electron chi connectivity index (χ0n) is 11.5. The molecule has 3 rings (SSSR count). The van der Waals surface area contributed by atoms with E-state index in [2.05, 4.69) is 26.8 Å². The highest BCUT2D eigenvalue weighted by molar-refractivity contribution is 5.43. The lowest BCUT2D eigenvalue weighted by Crippen LogP contribution is -2.48. The number of hydrogen-bond acceptors (Lipinski definition) is 6. The first-order chi connectivity index (χ1) is 9.28. The second-order valence-electron chi connectivity index (χ2n) is 5.01. The SMILES string of the molecule is CCOc1cc(N2C[C@@H]3[C@@H](C2)OCCN3C)ncn1. The van der Waals surface area contributed by atoms with E-state index in [1.165, 1.54) is 0 Å². The molecule has 2 aliphatic heterocycles. The van der Waals surface area contributed by atoms with Crippen molar-refractivity contribution < 1.29 is 9.47 Å². The van der Waals surface area contributed by atoms with E-state index >= 15 is 0 Å². The Balaban J connectivity index is 1.74. The summed E-state index contributed by atoms with van der Waals surface area (Å²) in [5.74, 6) is 1.56. The van der Waals surface area contributed by atoms with Gasteiger partial charge in [0, 0.05) is 25.7 Å². The molecular weight excluding hydrogens is 244 g/mol. The van der Waals surface area contributed by atoms with Crippen LogP contribution < -0.4 is 9.64 Å². The fourth-order valence-corrected chi connectivity index (χ4v) is 2.77. The van der Waals surface area contributed by atoms with Crippen molar-refractivity contribution in [1.29, 1.82) is 0 Å². The number of nitrogens with zero attached hydrogens (tertiary/aromatic N) is 4. The van der Waals surface area contributed by atoms with Gasteiger partial charge in [0.1, 0.15) is 12.1 Å². The quantitative estimate of drug-likeness (QED) is 0.787. The molecule has 2 fully saturated rings. The largest absolute Gasteiger partial charge is 0.478 e. The van der Waals surface area contributed by atoms with Crippen LogP contribution >= 0.6 is 0 Å². The molecule has 0 radical (unpaired) electrons. The van der Waals surface area contributed by atoms with Crippen molar-refractivity contribution in [3.05, 3.63) is 12.4 Å². The fraction of sp³-hybridized carbons (Fsp3) is 0.692. The van der Waals surface area contributed by atoms with Crippen LogP contribution in [0.3, 0.4) is 0 Å². The zero-order valence-corrected chi connectivity index (χ0v) is 11.5. The highest BCUT2D eigenvalue weighted by Gasteiger charge is 2.39. The molecule has 19 heavy (non-hydrogen) atoms. The summed E-state index contributed by atoms with van der Waals surface area (Å²) in [6, 6.07) is 2.36. The second-order valence-corrected chi connectivity index (χ2v) is 5.01. The van der Waals surface area contributed by atoms with Gasteiger partial charge in [0.2, 0.25) is 5.88 Å². The van der Waals surface area contributed by atoms with Crippen molar-refractivity contribution in [2.24, 2.45) is 0 Å². The summed E-state index contributed by atoms with van der Waals surface area (Å²) in [6.45, 7) is 6.23. The molecule has 0 N–H and O–H groups in total. The van der Waals surface area contributed by atoms with Gasteiger partial charge < -0.3 is 14.4 Å². The highest BCUT2D eigenvalue weighted by Crippen LogP contribution is 2.26. The Morgan fingerprint density at radius 2 is 2.32 bits per heavy atom. The van der Waals surface area contributed by atoms with Gasteiger partial charge in [-0.3, -0.25) is 4.90 Å². The number of ether oxygens (including phenoxy) is 2. The first kappa shape index (κ1) is 12.6. The molecule has 0 aliphatic carbocycles. The number of likely N-dealkylation sites (N-methyl/N-ethyl adjacent to an activating group) is 1. The van der Waals surface area contributed by atoms with Gasteiger partial charge in [-0.15, -0.1) is 0 Å². The number of fused-ring (bicyclic) bond motifs is 1. The maximum absolute atomic E-state index is 5.84. The first-order valence-corrected chi connectivity index (χ1v) is 6.79. The third kappa shape index (κ3) is 2.50. The minimum absolute atomic E-state index is 0.282. The minimum Gasteiger partial charge on any atom is -0.478 e. The Morgan fingerprint density at radius 1 is 1.42 bits per heavy atom. The van der Waals surface area contributed by atoms with E-state index in [1.54, 1.807) is 6.33 Å². The van der Waals surface area contributed by atoms with Gasteiger partial charge in [-0.05, 0) is 14.0 Å². The average Bonchev–Trinajstić information content (AvgIpc) is 2.85. The van der Waals surface area contributed by atoms with Gasteiger partial charge in [-0.25, -0.2) is 9.97 Å². The van der Waals surface area contributed by atoms with Crippen molar-refractivity contribution in [3.63, 3.8) is 0 Å². The van der Waals surface area contributed by atoms with E-state index in [0.717, 1.165) is 32.1 Å². The van der Waals surface area contributed by atoms with Crippen LogP contribution in [0.4, 0.5) is 5.82 Å². The van der Waals surface area contributed by atoms with E-state index in [9.17, 15) is 0 Å². The lowest BCUT2D eigenvalue weighted by molar-refractivity contribution is -0.0362. The molecule has 2 atom stereocenters. The van der Waals surface area contributed by atoms with Crippen LogP contribution in [0.25, 0.3) is 0 Å². The molecule has 1 aromatic heterocycles. The zero-order chi connectivity index (χ0) is 13.2. The smallest absolute Gasteiger partial charge is 0.218 e. The molecule has 0 saturated carbocycles. The molecule has 104 valence electrons. The maximum atomic E-state index is 5.84. The topological polar surface area (TPSA) is 50.7 Å². The van der Waals surface area contributed by atoms with Crippen molar-refractivity contribution in [2.75, 3.05) is 44.8 Å². The molecular formula is C13H20N4O2.